The van der Waals surface area contributed by atoms with Crippen LogP contribution in [0.15, 0.2) is 90.1 Å². The number of non-ortho nitro benzene ring substituents is 1. The highest BCUT2D eigenvalue weighted by Gasteiger charge is 2.41. The molecule has 0 spiro atoms. The molecule has 0 radical (unpaired) electrons. The van der Waals surface area contributed by atoms with Gasteiger partial charge in [0.2, 0.25) is 5.91 Å². The zero-order valence-corrected chi connectivity index (χ0v) is 19.3. The van der Waals surface area contributed by atoms with E-state index in [4.69, 9.17) is 0 Å². The second-order valence-corrected chi connectivity index (χ2v) is 8.84. The lowest BCUT2D eigenvalue weighted by molar-refractivity contribution is -0.384. The van der Waals surface area contributed by atoms with Crippen LogP contribution in [0.25, 0.3) is 0 Å². The Morgan fingerprint density at radius 2 is 1.66 bits per heavy atom. The highest BCUT2D eigenvalue weighted by molar-refractivity contribution is 6.06. The van der Waals surface area contributed by atoms with Gasteiger partial charge in [0.15, 0.2) is 5.78 Å². The highest BCUT2D eigenvalue weighted by atomic mass is 16.6. The predicted octanol–water partition coefficient (Wildman–Crippen LogP) is 5.91. The summed E-state index contributed by atoms with van der Waals surface area (Å²) in [5, 5.41) is 14.7. The van der Waals surface area contributed by atoms with E-state index < -0.39 is 11.0 Å². The Kier molecular flexibility index (Phi) is 5.91. The Morgan fingerprint density at radius 3 is 2.34 bits per heavy atom. The maximum absolute atomic E-state index is 13.8. The van der Waals surface area contributed by atoms with Gasteiger partial charge in [-0.25, -0.2) is 0 Å². The number of nitrogens with zero attached hydrogens (tertiary/aromatic N) is 2. The van der Waals surface area contributed by atoms with Crippen molar-refractivity contribution in [2.24, 2.45) is 0 Å². The second-order valence-electron chi connectivity index (χ2n) is 8.84. The summed E-state index contributed by atoms with van der Waals surface area (Å²) in [5.41, 5.74) is 4.49. The van der Waals surface area contributed by atoms with Gasteiger partial charge in [0.25, 0.3) is 5.69 Å². The van der Waals surface area contributed by atoms with Crippen LogP contribution in [-0.4, -0.2) is 16.6 Å². The molecule has 0 aromatic heterocycles. The summed E-state index contributed by atoms with van der Waals surface area (Å²) in [5.74, 6) is -0.139. The van der Waals surface area contributed by atoms with Gasteiger partial charge < -0.3 is 5.32 Å². The Morgan fingerprint density at radius 1 is 0.971 bits per heavy atom. The Balaban J connectivity index is 1.70. The van der Waals surface area contributed by atoms with Crippen molar-refractivity contribution in [2.45, 2.75) is 38.1 Å². The maximum Gasteiger partial charge on any atom is 0.269 e. The van der Waals surface area contributed by atoms with Crippen LogP contribution in [0.1, 0.15) is 49.3 Å². The lowest BCUT2D eigenvalue weighted by Gasteiger charge is -2.35. The first-order valence-electron chi connectivity index (χ1n) is 11.7. The van der Waals surface area contributed by atoms with Crippen LogP contribution in [0.4, 0.5) is 17.1 Å². The molecular formula is C28H25N3O4. The minimum Gasteiger partial charge on any atom is -0.357 e. The Bertz CT molecular complexity index is 1330. The molecule has 176 valence electrons. The number of nitro benzene ring substituents is 1. The average Bonchev–Trinajstić information content (AvgIpc) is 3.03. The summed E-state index contributed by atoms with van der Waals surface area (Å²) in [7, 11) is 0. The molecule has 1 heterocycles. The molecule has 5 rings (SSSR count). The molecule has 35 heavy (non-hydrogen) atoms. The standard InChI is InChI=1S/C28H25N3O4/c1-2-26(33)30-24-11-7-6-10-22(24)29-23-16-20(18-8-4-3-5-9-18)17-25(32)27(23)28(30)19-12-14-21(15-13-19)31(34)35/h3-15,20,28-29H,2,16-17H2,1H3/t20-,28-/m0/s1. The number of rotatable bonds is 4. The van der Waals surface area contributed by atoms with Crippen LogP contribution in [0.2, 0.25) is 0 Å². The van der Waals surface area contributed by atoms with Crippen molar-refractivity contribution in [2.75, 3.05) is 10.2 Å². The molecule has 1 amide bonds. The summed E-state index contributed by atoms with van der Waals surface area (Å²) in [6, 6.07) is 23.0. The lowest BCUT2D eigenvalue weighted by atomic mass is 9.78. The van der Waals surface area contributed by atoms with Crippen LogP contribution in [0, 0.1) is 10.1 Å². The van der Waals surface area contributed by atoms with Gasteiger partial charge in [-0.2, -0.15) is 0 Å². The van der Waals surface area contributed by atoms with E-state index >= 15 is 0 Å². The molecule has 7 heteroatoms. The molecule has 1 aliphatic heterocycles. The first-order chi connectivity index (χ1) is 17.0. The van der Waals surface area contributed by atoms with Gasteiger partial charge in [0.1, 0.15) is 0 Å². The Labute approximate surface area is 203 Å². The van der Waals surface area contributed by atoms with Gasteiger partial charge in [-0.1, -0.05) is 49.4 Å². The van der Waals surface area contributed by atoms with Crippen LogP contribution in [0.5, 0.6) is 0 Å². The Hall–Kier alpha value is -4.26. The SMILES string of the molecule is CCC(=O)N1c2ccccc2NC2=C(C(=O)C[C@@H](c3ccccc3)C2)[C@@H]1c1ccc([N+](=O)[O-])cc1. The molecule has 2 atom stereocenters. The van der Waals surface area contributed by atoms with Crippen LogP contribution < -0.4 is 10.2 Å². The minimum absolute atomic E-state index is 0.0213. The van der Waals surface area contributed by atoms with Crippen molar-refractivity contribution in [3.8, 4) is 0 Å². The third-order valence-electron chi connectivity index (χ3n) is 6.75. The normalized spacial score (nSPS) is 19.3. The van der Waals surface area contributed by atoms with E-state index in [-0.39, 0.29) is 29.7 Å². The fourth-order valence-corrected chi connectivity index (χ4v) is 5.09. The van der Waals surface area contributed by atoms with Crippen molar-refractivity contribution >= 4 is 28.8 Å². The zero-order valence-electron chi connectivity index (χ0n) is 19.3. The number of nitrogens with one attached hydrogen (secondary N) is 1. The monoisotopic (exact) mass is 467 g/mol. The summed E-state index contributed by atoms with van der Waals surface area (Å²) in [6.45, 7) is 1.79. The predicted molar refractivity (Wildman–Crippen MR) is 134 cm³/mol. The van der Waals surface area contributed by atoms with Crippen molar-refractivity contribution < 1.29 is 14.5 Å². The van der Waals surface area contributed by atoms with Gasteiger partial charge in [-0.3, -0.25) is 24.6 Å². The number of carbonyl (C=O) groups is 2. The van der Waals surface area contributed by atoms with E-state index in [1.807, 2.05) is 54.6 Å². The molecule has 2 aliphatic rings. The molecule has 0 saturated heterocycles. The van der Waals surface area contributed by atoms with E-state index in [1.165, 1.54) is 12.1 Å². The van der Waals surface area contributed by atoms with Gasteiger partial charge in [-0.15, -0.1) is 0 Å². The molecular weight excluding hydrogens is 442 g/mol. The highest BCUT2D eigenvalue weighted by Crippen LogP contribution is 2.47. The van der Waals surface area contributed by atoms with Crippen molar-refractivity contribution in [3.63, 3.8) is 0 Å². The molecule has 0 saturated carbocycles. The summed E-state index contributed by atoms with van der Waals surface area (Å²) >= 11 is 0. The number of para-hydroxylation sites is 2. The zero-order chi connectivity index (χ0) is 24.5. The van der Waals surface area contributed by atoms with Crippen molar-refractivity contribution in [1.82, 2.24) is 0 Å². The number of anilines is 2. The van der Waals surface area contributed by atoms with E-state index in [9.17, 15) is 19.7 Å². The first kappa shape index (κ1) is 22.5. The fourth-order valence-electron chi connectivity index (χ4n) is 5.09. The topological polar surface area (TPSA) is 92.6 Å². The number of amides is 1. The van der Waals surface area contributed by atoms with Gasteiger partial charge in [-0.05, 0) is 47.7 Å². The minimum atomic E-state index is -0.682. The van der Waals surface area contributed by atoms with E-state index in [0.29, 0.717) is 29.7 Å². The molecule has 3 aromatic carbocycles. The van der Waals surface area contributed by atoms with Crippen LogP contribution in [-0.2, 0) is 9.59 Å². The fraction of sp³-hybridized carbons (Fsp3) is 0.214. The molecule has 0 unspecified atom stereocenters. The van der Waals surface area contributed by atoms with E-state index in [2.05, 4.69) is 5.32 Å². The van der Waals surface area contributed by atoms with Gasteiger partial charge in [0.05, 0.1) is 22.3 Å². The van der Waals surface area contributed by atoms with Gasteiger partial charge in [0, 0.05) is 36.2 Å². The number of Topliss-reactive ketones (excluding diaryl/α,β-unsaturated/α-hetero) is 1. The lowest BCUT2D eigenvalue weighted by Crippen LogP contribution is -2.38. The second kappa shape index (κ2) is 9.18. The molecule has 1 N–H and O–H groups in total. The number of allylic oxidation sites excluding steroid dienone is 1. The summed E-state index contributed by atoms with van der Waals surface area (Å²) < 4.78 is 0. The molecule has 3 aromatic rings. The third kappa shape index (κ3) is 4.10. The number of hydrogen-bond donors (Lipinski definition) is 1. The van der Waals surface area contributed by atoms with E-state index in [1.54, 1.807) is 24.0 Å². The molecule has 1 aliphatic carbocycles. The number of benzene rings is 3. The van der Waals surface area contributed by atoms with Crippen LogP contribution in [0.3, 0.4) is 0 Å². The number of ketones is 1. The summed E-state index contributed by atoms with van der Waals surface area (Å²) in [4.78, 5) is 39.6. The molecule has 7 nitrogen and oxygen atoms in total. The van der Waals surface area contributed by atoms with Gasteiger partial charge >= 0.3 is 0 Å². The maximum atomic E-state index is 13.8. The summed E-state index contributed by atoms with van der Waals surface area (Å²) in [6.07, 6.45) is 1.21. The quantitative estimate of drug-likeness (QED) is 0.381. The van der Waals surface area contributed by atoms with Crippen molar-refractivity contribution in [3.05, 3.63) is 111 Å². The molecule has 0 bridgehead atoms. The van der Waals surface area contributed by atoms with E-state index in [0.717, 1.165) is 16.9 Å². The number of hydrogen-bond acceptors (Lipinski definition) is 5. The van der Waals surface area contributed by atoms with Crippen LogP contribution >= 0.6 is 0 Å². The number of fused-ring (bicyclic) bond motifs is 1. The molecule has 0 fully saturated rings. The average molecular weight is 468 g/mol. The smallest absolute Gasteiger partial charge is 0.269 e. The number of carbonyl (C=O) groups excluding carboxylic acids is 2. The van der Waals surface area contributed by atoms with Crippen molar-refractivity contribution in [1.29, 1.82) is 0 Å². The largest absolute Gasteiger partial charge is 0.357 e. The number of nitro groups is 1. The third-order valence-corrected chi connectivity index (χ3v) is 6.75. The first-order valence-corrected chi connectivity index (χ1v) is 11.7.